The lowest BCUT2D eigenvalue weighted by atomic mass is 10.2. The number of hydrogen-bond donors (Lipinski definition) is 3. The van der Waals surface area contributed by atoms with Crippen molar-refractivity contribution in [2.45, 2.75) is 20.4 Å². The fourth-order valence-corrected chi connectivity index (χ4v) is 0.905. The number of aromatic amines is 1. The van der Waals surface area contributed by atoms with Crippen molar-refractivity contribution in [2.75, 3.05) is 6.54 Å². The fraction of sp³-hybridized carbons (Fsp3) is 0.556. The summed E-state index contributed by atoms with van der Waals surface area (Å²) in [6.07, 6.45) is 3.54. The number of aliphatic imine (C=N–C) groups is 1. The van der Waals surface area contributed by atoms with Crippen molar-refractivity contribution in [3.05, 3.63) is 18.0 Å². The second-order valence-electron chi connectivity index (χ2n) is 3.58. The SMILES string of the molecule is CC(C)CNC(N)=NCc1cn[nH]c1. The highest BCUT2D eigenvalue weighted by atomic mass is 15.1. The van der Waals surface area contributed by atoms with E-state index >= 15 is 0 Å². The molecule has 1 aromatic heterocycles. The Morgan fingerprint density at radius 3 is 3.07 bits per heavy atom. The maximum absolute atomic E-state index is 5.65. The number of hydrogen-bond acceptors (Lipinski definition) is 2. The molecule has 1 rings (SSSR count). The first-order chi connectivity index (χ1) is 6.68. The average molecular weight is 195 g/mol. The van der Waals surface area contributed by atoms with Crippen LogP contribution in [0.3, 0.4) is 0 Å². The van der Waals surface area contributed by atoms with Crippen LogP contribution in [-0.2, 0) is 6.54 Å². The van der Waals surface area contributed by atoms with Gasteiger partial charge >= 0.3 is 0 Å². The number of nitrogens with two attached hydrogens (primary N) is 1. The Morgan fingerprint density at radius 1 is 1.71 bits per heavy atom. The lowest BCUT2D eigenvalue weighted by Crippen LogP contribution is -2.34. The van der Waals surface area contributed by atoms with E-state index in [0.717, 1.165) is 12.1 Å². The van der Waals surface area contributed by atoms with E-state index in [1.807, 2.05) is 0 Å². The molecule has 0 bridgehead atoms. The van der Waals surface area contributed by atoms with Crippen molar-refractivity contribution in [1.82, 2.24) is 15.5 Å². The zero-order valence-electron chi connectivity index (χ0n) is 8.62. The first kappa shape index (κ1) is 10.6. The first-order valence-corrected chi connectivity index (χ1v) is 4.70. The molecule has 4 N–H and O–H groups in total. The molecule has 0 aliphatic heterocycles. The van der Waals surface area contributed by atoms with Crippen LogP contribution in [0.25, 0.3) is 0 Å². The molecule has 0 amide bonds. The zero-order chi connectivity index (χ0) is 10.4. The van der Waals surface area contributed by atoms with E-state index in [0.29, 0.717) is 18.4 Å². The summed E-state index contributed by atoms with van der Waals surface area (Å²) in [5, 5.41) is 9.58. The second-order valence-corrected chi connectivity index (χ2v) is 3.58. The summed E-state index contributed by atoms with van der Waals surface area (Å²) >= 11 is 0. The molecular formula is C9H17N5. The predicted molar refractivity (Wildman–Crippen MR) is 56.8 cm³/mol. The Bertz CT molecular complexity index is 275. The average Bonchev–Trinajstić information content (AvgIpc) is 2.63. The van der Waals surface area contributed by atoms with E-state index in [2.05, 4.69) is 34.4 Å². The number of nitrogens with one attached hydrogen (secondary N) is 2. The van der Waals surface area contributed by atoms with Gasteiger partial charge < -0.3 is 11.1 Å². The molecule has 0 saturated carbocycles. The van der Waals surface area contributed by atoms with Crippen LogP contribution in [0.5, 0.6) is 0 Å². The lowest BCUT2D eigenvalue weighted by molar-refractivity contribution is 0.622. The number of H-pyrrole nitrogens is 1. The summed E-state index contributed by atoms with van der Waals surface area (Å²) in [7, 11) is 0. The third kappa shape index (κ3) is 3.93. The first-order valence-electron chi connectivity index (χ1n) is 4.70. The van der Waals surface area contributed by atoms with E-state index in [4.69, 9.17) is 5.73 Å². The minimum Gasteiger partial charge on any atom is -0.370 e. The summed E-state index contributed by atoms with van der Waals surface area (Å²) in [5.74, 6) is 1.05. The Balaban J connectivity index is 2.30. The standard InChI is InChI=1S/C9H17N5/c1-7(2)3-11-9(10)12-4-8-5-13-14-6-8/h5-7H,3-4H2,1-2H3,(H,13,14)(H3,10,11,12). The maximum Gasteiger partial charge on any atom is 0.188 e. The molecule has 0 spiro atoms. The van der Waals surface area contributed by atoms with Gasteiger partial charge in [-0.1, -0.05) is 13.8 Å². The van der Waals surface area contributed by atoms with Crippen LogP contribution < -0.4 is 11.1 Å². The fourth-order valence-electron chi connectivity index (χ4n) is 0.905. The molecule has 5 nitrogen and oxygen atoms in total. The normalized spacial score (nSPS) is 12.1. The highest BCUT2D eigenvalue weighted by Crippen LogP contribution is 1.95. The highest BCUT2D eigenvalue weighted by Gasteiger charge is 1.95. The van der Waals surface area contributed by atoms with Crippen LogP contribution in [0, 0.1) is 5.92 Å². The van der Waals surface area contributed by atoms with Crippen LogP contribution in [0.15, 0.2) is 17.4 Å². The summed E-state index contributed by atoms with van der Waals surface area (Å²) in [4.78, 5) is 4.16. The Kier molecular flexibility index (Phi) is 3.97. The summed E-state index contributed by atoms with van der Waals surface area (Å²) < 4.78 is 0. The molecule has 1 aromatic rings. The Hall–Kier alpha value is -1.52. The van der Waals surface area contributed by atoms with E-state index in [9.17, 15) is 0 Å². The predicted octanol–water partition coefficient (Wildman–Crippen LogP) is 0.470. The van der Waals surface area contributed by atoms with Gasteiger partial charge in [-0.3, -0.25) is 5.10 Å². The van der Waals surface area contributed by atoms with Gasteiger partial charge in [-0.2, -0.15) is 5.10 Å². The van der Waals surface area contributed by atoms with Crippen molar-refractivity contribution >= 4 is 5.96 Å². The Labute approximate surface area is 83.8 Å². The van der Waals surface area contributed by atoms with Crippen molar-refractivity contribution in [2.24, 2.45) is 16.6 Å². The third-order valence-electron chi connectivity index (χ3n) is 1.68. The minimum absolute atomic E-state index is 0.486. The smallest absolute Gasteiger partial charge is 0.188 e. The number of rotatable bonds is 4. The largest absolute Gasteiger partial charge is 0.370 e. The molecule has 14 heavy (non-hydrogen) atoms. The van der Waals surface area contributed by atoms with Crippen LogP contribution in [0.2, 0.25) is 0 Å². The minimum atomic E-state index is 0.486. The molecular weight excluding hydrogens is 178 g/mol. The van der Waals surface area contributed by atoms with Gasteiger partial charge in [0.2, 0.25) is 0 Å². The second kappa shape index (κ2) is 5.26. The van der Waals surface area contributed by atoms with E-state index < -0.39 is 0 Å². The number of guanidine groups is 1. The molecule has 5 heteroatoms. The molecule has 0 aliphatic rings. The summed E-state index contributed by atoms with van der Waals surface area (Å²) in [6.45, 7) is 5.65. The van der Waals surface area contributed by atoms with Crippen molar-refractivity contribution in [3.8, 4) is 0 Å². The van der Waals surface area contributed by atoms with E-state index in [1.165, 1.54) is 0 Å². The van der Waals surface area contributed by atoms with Gasteiger partial charge in [-0.15, -0.1) is 0 Å². The topological polar surface area (TPSA) is 79.1 Å². The summed E-state index contributed by atoms with van der Waals surface area (Å²) in [5.41, 5.74) is 6.67. The van der Waals surface area contributed by atoms with Gasteiger partial charge in [0.1, 0.15) is 0 Å². The van der Waals surface area contributed by atoms with Gasteiger partial charge in [0.15, 0.2) is 5.96 Å². The lowest BCUT2D eigenvalue weighted by Gasteiger charge is -2.07. The Morgan fingerprint density at radius 2 is 2.50 bits per heavy atom. The van der Waals surface area contributed by atoms with Crippen LogP contribution in [0.1, 0.15) is 19.4 Å². The number of nitrogens with zero attached hydrogens (tertiary/aromatic N) is 2. The molecule has 0 atom stereocenters. The highest BCUT2D eigenvalue weighted by molar-refractivity contribution is 5.77. The molecule has 0 aromatic carbocycles. The van der Waals surface area contributed by atoms with Crippen molar-refractivity contribution < 1.29 is 0 Å². The van der Waals surface area contributed by atoms with Gasteiger partial charge in [-0.25, -0.2) is 4.99 Å². The molecule has 0 saturated heterocycles. The monoisotopic (exact) mass is 195 g/mol. The zero-order valence-corrected chi connectivity index (χ0v) is 8.62. The van der Waals surface area contributed by atoms with Crippen LogP contribution in [-0.4, -0.2) is 22.7 Å². The van der Waals surface area contributed by atoms with Crippen molar-refractivity contribution in [1.29, 1.82) is 0 Å². The molecule has 0 unspecified atom stereocenters. The van der Waals surface area contributed by atoms with Crippen LogP contribution >= 0.6 is 0 Å². The maximum atomic E-state index is 5.65. The summed E-state index contributed by atoms with van der Waals surface area (Å²) in [6, 6.07) is 0. The van der Waals surface area contributed by atoms with Gasteiger partial charge in [-0.05, 0) is 5.92 Å². The molecule has 0 aliphatic carbocycles. The molecule has 0 radical (unpaired) electrons. The van der Waals surface area contributed by atoms with E-state index in [1.54, 1.807) is 12.4 Å². The molecule has 1 heterocycles. The molecule has 0 fully saturated rings. The molecule has 78 valence electrons. The van der Waals surface area contributed by atoms with Gasteiger partial charge in [0, 0.05) is 18.3 Å². The third-order valence-corrected chi connectivity index (χ3v) is 1.68. The van der Waals surface area contributed by atoms with Gasteiger partial charge in [0.05, 0.1) is 12.7 Å². The van der Waals surface area contributed by atoms with Crippen molar-refractivity contribution in [3.63, 3.8) is 0 Å². The number of aromatic nitrogens is 2. The van der Waals surface area contributed by atoms with E-state index in [-0.39, 0.29) is 0 Å². The quantitative estimate of drug-likeness (QED) is 0.482. The van der Waals surface area contributed by atoms with Gasteiger partial charge in [0.25, 0.3) is 0 Å². The van der Waals surface area contributed by atoms with Crippen LogP contribution in [0.4, 0.5) is 0 Å².